The number of aliphatic hydroxyl groups is 9. The van der Waals surface area contributed by atoms with Crippen LogP contribution in [0, 0.1) is 0 Å². The van der Waals surface area contributed by atoms with E-state index in [1.54, 1.807) is 0 Å². The highest BCUT2D eigenvalue weighted by Crippen LogP contribution is 2.49. The van der Waals surface area contributed by atoms with Crippen LogP contribution < -0.4 is 0 Å². The highest BCUT2D eigenvalue weighted by atomic mass is 31.2. The summed E-state index contributed by atoms with van der Waals surface area (Å²) >= 11 is 0. The van der Waals surface area contributed by atoms with Crippen LogP contribution in [0.2, 0.25) is 0 Å². The van der Waals surface area contributed by atoms with Gasteiger partial charge in [0.2, 0.25) is 0 Å². The smallest absolute Gasteiger partial charge is 0.463 e. The van der Waals surface area contributed by atoms with Crippen molar-refractivity contribution in [2.24, 2.45) is 0 Å². The molecule has 2 saturated heterocycles. The van der Waals surface area contributed by atoms with E-state index in [9.17, 15) is 74.6 Å². The molecule has 3 rings (SSSR count). The fraction of sp³-hybridized carbons (Fsp3) is 0.871. The third-order valence-corrected chi connectivity index (χ3v) is 23.7. The molecule has 2 aliphatic heterocycles. The molecule has 2 heterocycles. The number of esters is 4. The zero-order valence-corrected chi connectivity index (χ0v) is 74.8. The van der Waals surface area contributed by atoms with Gasteiger partial charge in [0.25, 0.3) is 0 Å². The molecule has 0 amide bonds. The molecule has 0 aromatic rings. The van der Waals surface area contributed by atoms with E-state index in [-0.39, 0.29) is 25.7 Å². The number of rotatable bonds is 76. The summed E-state index contributed by atoms with van der Waals surface area (Å²) in [4.78, 5) is 66.5. The zero-order valence-electron chi connectivity index (χ0n) is 73.9. The van der Waals surface area contributed by atoms with Gasteiger partial charge in [-0.2, -0.15) is 0 Å². The predicted molar refractivity (Wildman–Crippen MR) is 462 cm³/mol. The molecule has 0 bridgehead atoms. The quantitative estimate of drug-likeness (QED) is 0.00889. The average Bonchev–Trinajstić information content (AvgIpc) is 0.754. The minimum absolute atomic E-state index is 0.00671. The molecule has 10 N–H and O–H groups in total. The topological polar surface area (TPSA) is 380 Å². The lowest BCUT2D eigenvalue weighted by Gasteiger charge is -2.50. The van der Waals surface area contributed by atoms with Crippen molar-refractivity contribution in [2.75, 3.05) is 26.4 Å². The number of carbonyl (C=O) groups is 4. The second-order valence-corrected chi connectivity index (χ2v) is 34.9. The van der Waals surface area contributed by atoms with Gasteiger partial charge in [-0.05, 0) is 128 Å². The number of carbonyl (C=O) groups excluding carboxylic acids is 4. The Bertz CT molecular complexity index is 2660. The summed E-state index contributed by atoms with van der Waals surface area (Å²) in [5.41, 5.74) is 0. The number of phosphoric ester groups is 1. The molecule has 0 aromatic heterocycles. The van der Waals surface area contributed by atoms with Crippen LogP contribution in [-0.4, -0.2) is 205 Å². The standard InChI is InChI=1S/C93H167O25P/c1-5-9-13-17-21-25-29-33-37-41-45-49-53-57-61-65-76(95)109-70-73(112-78(97)67-63-59-55-51-47-43-39-35-31-27-23-19-15-11-7-3)71-111-119(107,108)118-91-89(116-92-86(105)82(101)80(99)74(69-94)113-92)85(104)84(103)88(115-79(98)68-64-60-56-52-48-44-40-36-32-28-24-20-16-12-8-4)90(91)117-93-87(106)83(102)81(100)75(114-93)72-110-77(96)66-62-58-54-50-46-42-38-34-30-26-22-18-14-10-6-2/h25-32,73-75,80-94,99-106H,5-24,33-72H2,1-4H3,(H,107,108)/b29-25-,30-26-,31-27-,32-28-. The maximum atomic E-state index is 14.9. The van der Waals surface area contributed by atoms with Gasteiger partial charge in [0.1, 0.15) is 92.6 Å². The monoisotopic (exact) mass is 1720 g/mol. The van der Waals surface area contributed by atoms with Gasteiger partial charge in [0.15, 0.2) is 24.8 Å². The Morgan fingerprint density at radius 1 is 0.328 bits per heavy atom. The predicted octanol–water partition coefficient (Wildman–Crippen LogP) is 17.7. The second kappa shape index (κ2) is 71.6. The van der Waals surface area contributed by atoms with Crippen LogP contribution in [0.5, 0.6) is 0 Å². The van der Waals surface area contributed by atoms with Crippen molar-refractivity contribution in [1.82, 2.24) is 0 Å². The van der Waals surface area contributed by atoms with Gasteiger partial charge in [-0.1, -0.05) is 282 Å². The third-order valence-electron chi connectivity index (χ3n) is 22.7. The second-order valence-electron chi connectivity index (χ2n) is 33.5. The Morgan fingerprint density at radius 3 is 1.00 bits per heavy atom. The Kier molecular flexibility index (Phi) is 65.9. The maximum absolute atomic E-state index is 14.9. The van der Waals surface area contributed by atoms with Crippen LogP contribution in [0.3, 0.4) is 0 Å². The van der Waals surface area contributed by atoms with Crippen LogP contribution in [-0.2, 0) is 70.7 Å². The van der Waals surface area contributed by atoms with Crippen LogP contribution >= 0.6 is 7.82 Å². The zero-order chi connectivity index (χ0) is 86.8. The Labute approximate surface area is 716 Å². The van der Waals surface area contributed by atoms with Gasteiger partial charge in [0.05, 0.1) is 13.2 Å². The summed E-state index contributed by atoms with van der Waals surface area (Å²) in [6.07, 6.45) is 35.1. The number of hydrogen-bond donors (Lipinski definition) is 10. The van der Waals surface area contributed by atoms with Crippen LogP contribution in [0.1, 0.15) is 387 Å². The van der Waals surface area contributed by atoms with Crippen molar-refractivity contribution in [3.8, 4) is 0 Å². The molecule has 0 spiro atoms. The molecular formula is C93H167O25P. The van der Waals surface area contributed by atoms with Gasteiger partial charge in [-0.3, -0.25) is 28.2 Å². The van der Waals surface area contributed by atoms with E-state index in [0.29, 0.717) is 38.5 Å². The number of ether oxygens (including phenoxy) is 8. The number of phosphoric acid groups is 1. The highest BCUT2D eigenvalue weighted by molar-refractivity contribution is 7.47. The van der Waals surface area contributed by atoms with E-state index < -0.39 is 162 Å². The van der Waals surface area contributed by atoms with Gasteiger partial charge in [0, 0.05) is 25.7 Å². The summed E-state index contributed by atoms with van der Waals surface area (Å²) in [5.74, 6) is -2.99. The first-order valence-electron chi connectivity index (χ1n) is 47.4. The fourth-order valence-corrected chi connectivity index (χ4v) is 16.1. The molecule has 0 aromatic carbocycles. The minimum Gasteiger partial charge on any atom is -0.463 e. The fourth-order valence-electron chi connectivity index (χ4n) is 15.2. The molecule has 26 heteroatoms. The summed E-state index contributed by atoms with van der Waals surface area (Å²) < 4.78 is 73.4. The van der Waals surface area contributed by atoms with Crippen molar-refractivity contribution in [2.45, 2.75) is 491 Å². The molecule has 25 nitrogen and oxygen atoms in total. The highest BCUT2D eigenvalue weighted by Gasteiger charge is 2.60. The van der Waals surface area contributed by atoms with E-state index >= 15 is 0 Å². The first kappa shape index (κ1) is 110. The van der Waals surface area contributed by atoms with Crippen molar-refractivity contribution < 1.29 is 122 Å². The molecule has 18 atom stereocenters. The lowest BCUT2D eigenvalue weighted by atomic mass is 9.84. The van der Waals surface area contributed by atoms with Gasteiger partial charge >= 0.3 is 31.7 Å². The first-order valence-corrected chi connectivity index (χ1v) is 48.9. The summed E-state index contributed by atoms with van der Waals surface area (Å²) in [6, 6.07) is 0. The summed E-state index contributed by atoms with van der Waals surface area (Å²) in [7, 11) is -5.82. The summed E-state index contributed by atoms with van der Waals surface area (Å²) in [5, 5.41) is 102. The number of allylic oxidation sites excluding steroid dienone is 8. The van der Waals surface area contributed by atoms with Crippen LogP contribution in [0.4, 0.5) is 0 Å². The molecule has 1 saturated carbocycles. The summed E-state index contributed by atoms with van der Waals surface area (Å²) in [6.45, 7) is 5.53. The number of unbranched alkanes of at least 4 members (excludes halogenated alkanes) is 44. The molecular weight excluding hydrogens is 1550 g/mol. The molecule has 0 radical (unpaired) electrons. The molecule has 3 fully saturated rings. The van der Waals surface area contributed by atoms with Crippen molar-refractivity contribution in [3.63, 3.8) is 0 Å². The molecule has 1 aliphatic carbocycles. The Hall–Kier alpha value is -3.57. The van der Waals surface area contributed by atoms with Crippen molar-refractivity contribution in [3.05, 3.63) is 48.6 Å². The lowest BCUT2D eigenvalue weighted by molar-refractivity contribution is -0.360. The molecule has 119 heavy (non-hydrogen) atoms. The normalized spacial score (nSPS) is 25.0. The van der Waals surface area contributed by atoms with Crippen LogP contribution in [0.15, 0.2) is 48.6 Å². The average molecular weight is 1720 g/mol. The Morgan fingerprint density at radius 2 is 0.630 bits per heavy atom. The Balaban J connectivity index is 1.92. The van der Waals surface area contributed by atoms with Gasteiger partial charge < -0.3 is 88.7 Å². The SMILES string of the molecule is CCCCCC/C=C\CCCCCCCCCC(=O)OCC(COP(=O)(O)OC1C(OC2OC(CO)C(O)C(O)C2O)C(O)C(O)C(OC(=O)CCCCCCCCC/C=C\CCCCCC)C1OC1OC(COC(=O)CCCCCCCCC/C=C\CCCCCC)C(O)C(O)C1O)OC(=O)CCCCCCCCC/C=C\CCCCCC. The van der Waals surface area contributed by atoms with E-state index in [1.807, 2.05) is 0 Å². The lowest BCUT2D eigenvalue weighted by Crippen LogP contribution is -2.70. The molecule has 694 valence electrons. The third kappa shape index (κ3) is 51.6. The van der Waals surface area contributed by atoms with E-state index in [1.165, 1.54) is 103 Å². The van der Waals surface area contributed by atoms with Gasteiger partial charge in [-0.25, -0.2) is 4.57 Å². The first-order chi connectivity index (χ1) is 57.7. The number of aliphatic hydroxyl groups excluding tert-OH is 9. The van der Waals surface area contributed by atoms with Crippen molar-refractivity contribution >= 4 is 31.7 Å². The van der Waals surface area contributed by atoms with Gasteiger partial charge in [-0.15, -0.1) is 0 Å². The van der Waals surface area contributed by atoms with E-state index in [4.69, 9.17) is 46.9 Å². The largest absolute Gasteiger partial charge is 0.472 e. The molecule has 3 aliphatic rings. The maximum Gasteiger partial charge on any atom is 0.472 e. The van der Waals surface area contributed by atoms with E-state index in [0.717, 1.165) is 193 Å². The van der Waals surface area contributed by atoms with Crippen molar-refractivity contribution in [1.29, 1.82) is 0 Å². The molecule has 18 unspecified atom stereocenters. The van der Waals surface area contributed by atoms with Crippen LogP contribution in [0.25, 0.3) is 0 Å². The number of hydrogen-bond acceptors (Lipinski definition) is 24. The minimum atomic E-state index is -5.82. The van der Waals surface area contributed by atoms with E-state index in [2.05, 4.69) is 76.3 Å².